The van der Waals surface area contributed by atoms with E-state index in [1.54, 1.807) is 18.2 Å². The zero-order valence-corrected chi connectivity index (χ0v) is 16.6. The second-order valence-corrected chi connectivity index (χ2v) is 8.47. The van der Waals surface area contributed by atoms with E-state index in [-0.39, 0.29) is 11.5 Å². The summed E-state index contributed by atoms with van der Waals surface area (Å²) >= 11 is 0. The number of ketones is 1. The lowest BCUT2D eigenvalue weighted by atomic mass is 9.81. The normalized spacial score (nSPS) is 22.8. The lowest BCUT2D eigenvalue weighted by Gasteiger charge is -2.22. The lowest BCUT2D eigenvalue weighted by molar-refractivity contribution is -0.122. The number of aliphatic hydroxyl groups is 1. The Morgan fingerprint density at radius 3 is 2.73 bits per heavy atom. The molecular formula is C21H28O4S. The Hall–Kier alpha value is -1.72. The Morgan fingerprint density at radius 2 is 2.08 bits per heavy atom. The van der Waals surface area contributed by atoms with Crippen molar-refractivity contribution in [3.8, 4) is 0 Å². The van der Waals surface area contributed by atoms with Gasteiger partial charge in [-0.1, -0.05) is 31.2 Å². The molecule has 0 heterocycles. The van der Waals surface area contributed by atoms with Crippen molar-refractivity contribution in [3.05, 3.63) is 53.8 Å². The van der Waals surface area contributed by atoms with Crippen molar-refractivity contribution in [2.45, 2.75) is 51.0 Å². The van der Waals surface area contributed by atoms with Crippen LogP contribution in [0.25, 0.3) is 0 Å². The number of rotatable bonds is 9. The number of carbonyl (C=O) groups is 1. The van der Waals surface area contributed by atoms with E-state index in [2.05, 4.69) is 0 Å². The Kier molecular flexibility index (Phi) is 7.35. The summed E-state index contributed by atoms with van der Waals surface area (Å²) in [6, 6.07) is 9.16. The molecule has 0 aliphatic heterocycles. The maximum Gasteiger partial charge on any atom is 0.165 e. The smallest absolute Gasteiger partial charge is 0.165 e. The molecule has 0 aromatic heterocycles. The number of hydrogen-bond acceptors (Lipinski definition) is 4. The molecule has 5 heteroatoms. The molecule has 142 valence electrons. The van der Waals surface area contributed by atoms with Crippen LogP contribution in [-0.4, -0.2) is 33.6 Å². The Labute approximate surface area is 158 Å². The van der Waals surface area contributed by atoms with Crippen LogP contribution >= 0.6 is 0 Å². The maximum atomic E-state index is 12.3. The average molecular weight is 377 g/mol. The molecule has 3 atom stereocenters. The third-order valence-corrected chi connectivity index (χ3v) is 6.20. The summed E-state index contributed by atoms with van der Waals surface area (Å²) in [6.07, 6.45) is 4.83. The highest BCUT2D eigenvalue weighted by molar-refractivity contribution is 7.85. The number of benzene rings is 1. The molecule has 0 saturated carbocycles. The minimum atomic E-state index is -1.23. The van der Waals surface area contributed by atoms with Crippen molar-refractivity contribution < 1.29 is 18.8 Å². The molecule has 1 aliphatic carbocycles. The van der Waals surface area contributed by atoms with Gasteiger partial charge in [-0.05, 0) is 44.4 Å². The van der Waals surface area contributed by atoms with Crippen LogP contribution in [0.1, 0.15) is 40.0 Å². The highest BCUT2D eigenvalue weighted by atomic mass is 32.2. The molecule has 26 heavy (non-hydrogen) atoms. The van der Waals surface area contributed by atoms with E-state index < -0.39 is 22.3 Å². The summed E-state index contributed by atoms with van der Waals surface area (Å²) in [7, 11) is -1.23. The highest BCUT2D eigenvalue weighted by Gasteiger charge is 2.38. The van der Waals surface area contributed by atoms with Crippen molar-refractivity contribution in [1.29, 1.82) is 0 Å². The number of hydrogen-bond donors (Lipinski definition) is 1. The molecule has 4 nitrogen and oxygen atoms in total. The predicted molar refractivity (Wildman–Crippen MR) is 104 cm³/mol. The Morgan fingerprint density at radius 1 is 1.38 bits per heavy atom. The molecule has 1 aromatic rings. The van der Waals surface area contributed by atoms with Gasteiger partial charge in [-0.25, -0.2) is 0 Å². The van der Waals surface area contributed by atoms with Gasteiger partial charge in [0, 0.05) is 22.8 Å². The maximum absolute atomic E-state index is 12.3. The SMILES string of the molecule is CCOC1=CC(=O)C(C)(CC/C=C(\C)C(O)CS(=O)c2ccccc2)C1. The lowest BCUT2D eigenvalue weighted by Crippen LogP contribution is -2.22. The third kappa shape index (κ3) is 5.39. The molecular weight excluding hydrogens is 348 g/mol. The molecule has 1 aromatic carbocycles. The molecule has 0 fully saturated rings. The second-order valence-electron chi connectivity index (χ2n) is 6.97. The first-order valence-electron chi connectivity index (χ1n) is 9.01. The first kappa shape index (κ1) is 20.6. The minimum absolute atomic E-state index is 0.109. The van der Waals surface area contributed by atoms with Gasteiger partial charge in [-0.3, -0.25) is 9.00 Å². The van der Waals surface area contributed by atoms with Gasteiger partial charge in [0.15, 0.2) is 5.78 Å². The van der Waals surface area contributed by atoms with Crippen LogP contribution < -0.4 is 0 Å². The number of aliphatic hydroxyl groups excluding tert-OH is 1. The van der Waals surface area contributed by atoms with Crippen molar-refractivity contribution >= 4 is 16.6 Å². The van der Waals surface area contributed by atoms with Gasteiger partial charge < -0.3 is 9.84 Å². The first-order chi connectivity index (χ1) is 12.4. The Bertz CT molecular complexity index is 708. The highest BCUT2D eigenvalue weighted by Crippen LogP contribution is 2.38. The first-order valence-corrected chi connectivity index (χ1v) is 10.3. The molecule has 1 aliphatic rings. The molecule has 3 unspecified atom stereocenters. The average Bonchev–Trinajstić information content (AvgIpc) is 2.89. The van der Waals surface area contributed by atoms with E-state index in [0.29, 0.717) is 25.9 Å². The van der Waals surface area contributed by atoms with E-state index >= 15 is 0 Å². The number of carbonyl (C=O) groups excluding carboxylic acids is 1. The van der Waals surface area contributed by atoms with E-state index in [1.165, 1.54) is 0 Å². The van der Waals surface area contributed by atoms with Crippen molar-refractivity contribution in [1.82, 2.24) is 0 Å². The summed E-state index contributed by atoms with van der Waals surface area (Å²) in [5.74, 6) is 1.05. The van der Waals surface area contributed by atoms with Crippen LogP contribution in [0.5, 0.6) is 0 Å². The van der Waals surface area contributed by atoms with Crippen LogP contribution in [-0.2, 0) is 20.3 Å². The van der Waals surface area contributed by atoms with Gasteiger partial charge in [0.2, 0.25) is 0 Å². The molecule has 2 rings (SSSR count). The van der Waals surface area contributed by atoms with Crippen LogP contribution in [0.15, 0.2) is 58.7 Å². The monoisotopic (exact) mass is 376 g/mol. The second kappa shape index (κ2) is 9.28. The van der Waals surface area contributed by atoms with E-state index in [1.807, 2.05) is 45.0 Å². The summed E-state index contributed by atoms with van der Waals surface area (Å²) in [5.41, 5.74) is 0.361. The van der Waals surface area contributed by atoms with Crippen molar-refractivity contribution in [2.75, 3.05) is 12.4 Å². The van der Waals surface area contributed by atoms with E-state index in [0.717, 1.165) is 16.2 Å². The molecule has 0 bridgehead atoms. The quantitative estimate of drug-likeness (QED) is 0.666. The van der Waals surface area contributed by atoms with Gasteiger partial charge in [0.25, 0.3) is 0 Å². The third-order valence-electron chi connectivity index (χ3n) is 4.78. The summed E-state index contributed by atoms with van der Waals surface area (Å²) in [5, 5.41) is 10.3. The summed E-state index contributed by atoms with van der Waals surface area (Å²) in [6.45, 7) is 6.28. The van der Waals surface area contributed by atoms with Crippen LogP contribution in [0.4, 0.5) is 0 Å². The zero-order chi connectivity index (χ0) is 19.2. The fourth-order valence-corrected chi connectivity index (χ4v) is 4.23. The van der Waals surface area contributed by atoms with E-state index in [4.69, 9.17) is 4.74 Å². The van der Waals surface area contributed by atoms with Crippen molar-refractivity contribution in [3.63, 3.8) is 0 Å². The molecule has 1 N–H and O–H groups in total. The number of ether oxygens (including phenoxy) is 1. The van der Waals surface area contributed by atoms with Crippen LogP contribution in [0.2, 0.25) is 0 Å². The van der Waals surface area contributed by atoms with Crippen LogP contribution in [0.3, 0.4) is 0 Å². The fourth-order valence-electron chi connectivity index (χ4n) is 3.03. The van der Waals surface area contributed by atoms with E-state index in [9.17, 15) is 14.1 Å². The molecule has 0 radical (unpaired) electrons. The number of allylic oxidation sites excluding steroid dienone is 3. The topological polar surface area (TPSA) is 63.6 Å². The molecule has 0 amide bonds. The van der Waals surface area contributed by atoms with Gasteiger partial charge >= 0.3 is 0 Å². The predicted octanol–water partition coefficient (Wildman–Crippen LogP) is 3.78. The molecule has 0 spiro atoms. The van der Waals surface area contributed by atoms with Gasteiger partial charge in [-0.2, -0.15) is 0 Å². The minimum Gasteiger partial charge on any atom is -0.498 e. The van der Waals surface area contributed by atoms with Crippen LogP contribution in [0, 0.1) is 5.41 Å². The largest absolute Gasteiger partial charge is 0.498 e. The fraction of sp³-hybridized carbons (Fsp3) is 0.476. The van der Waals surface area contributed by atoms with Gasteiger partial charge in [0.1, 0.15) is 5.76 Å². The standard InChI is InChI=1S/C21H28O4S/c1-4-25-17-13-20(23)21(3,14-17)12-8-9-16(2)19(22)15-26(24)18-10-6-5-7-11-18/h5-7,9-11,13,19,22H,4,8,12,14-15H2,1-3H3/b16-9+. The Balaban J connectivity index is 1.86. The van der Waals surface area contributed by atoms with Gasteiger partial charge in [-0.15, -0.1) is 0 Å². The zero-order valence-electron chi connectivity index (χ0n) is 15.7. The molecule has 0 saturated heterocycles. The van der Waals surface area contributed by atoms with Crippen molar-refractivity contribution in [2.24, 2.45) is 5.41 Å². The summed E-state index contributed by atoms with van der Waals surface area (Å²) in [4.78, 5) is 12.9. The summed E-state index contributed by atoms with van der Waals surface area (Å²) < 4.78 is 17.8. The van der Waals surface area contributed by atoms with Gasteiger partial charge in [0.05, 0.1) is 29.3 Å².